The molecule has 0 saturated heterocycles. The van der Waals surface area contributed by atoms with Crippen molar-refractivity contribution in [3.05, 3.63) is 11.9 Å². The molecule has 0 aromatic carbocycles. The van der Waals surface area contributed by atoms with Crippen LogP contribution in [0, 0.1) is 6.92 Å². The molecule has 1 aromatic heterocycles. The molecule has 0 radical (unpaired) electrons. The normalized spacial score (nSPS) is 16.1. The van der Waals surface area contributed by atoms with Gasteiger partial charge >= 0.3 is 0 Å². The average molecular weight is 138 g/mol. The second kappa shape index (κ2) is 2.01. The van der Waals surface area contributed by atoms with Gasteiger partial charge < -0.3 is 9.30 Å². The Labute approximate surface area is 59.6 Å². The number of nitrogens with zero attached hydrogens (tertiary/aromatic N) is 2. The Morgan fingerprint density at radius 3 is 3.40 bits per heavy atom. The van der Waals surface area contributed by atoms with Crippen molar-refractivity contribution >= 4 is 0 Å². The molecule has 0 unspecified atom stereocenters. The number of aryl methyl sites for hydroxylation is 2. The zero-order valence-corrected chi connectivity index (χ0v) is 6.00. The average Bonchev–Trinajstić information content (AvgIpc) is 2.27. The monoisotopic (exact) mass is 138 g/mol. The summed E-state index contributed by atoms with van der Waals surface area (Å²) in [5, 5.41) is 0. The number of ether oxygens (including phenoxy) is 1. The minimum Gasteiger partial charge on any atom is -0.465 e. The summed E-state index contributed by atoms with van der Waals surface area (Å²) < 4.78 is 7.35. The molecule has 0 aliphatic carbocycles. The third-order valence-corrected chi connectivity index (χ3v) is 1.63. The van der Waals surface area contributed by atoms with Crippen molar-refractivity contribution in [2.75, 3.05) is 6.61 Å². The predicted molar refractivity (Wildman–Crippen MR) is 37.1 cm³/mol. The van der Waals surface area contributed by atoms with Crippen molar-refractivity contribution in [3.8, 4) is 6.01 Å². The Bertz CT molecular complexity index is 218. The Balaban J connectivity index is 2.41. The number of hydrogen-bond donors (Lipinski definition) is 0. The molecule has 1 aliphatic heterocycles. The quantitative estimate of drug-likeness (QED) is 0.534. The third kappa shape index (κ3) is 0.781. The maximum Gasteiger partial charge on any atom is 0.296 e. The molecule has 0 fully saturated rings. The predicted octanol–water partition coefficient (Wildman–Crippen LogP) is 0.974. The lowest BCUT2D eigenvalue weighted by molar-refractivity contribution is 0.231. The van der Waals surface area contributed by atoms with Crippen LogP contribution in [0.15, 0.2) is 6.20 Å². The molecule has 2 rings (SSSR count). The van der Waals surface area contributed by atoms with Gasteiger partial charge in [-0.15, -0.1) is 0 Å². The van der Waals surface area contributed by atoms with Gasteiger partial charge in [0.2, 0.25) is 0 Å². The van der Waals surface area contributed by atoms with E-state index >= 15 is 0 Å². The molecular formula is C7H10N2O. The van der Waals surface area contributed by atoms with Gasteiger partial charge in [0.25, 0.3) is 6.01 Å². The van der Waals surface area contributed by atoms with Gasteiger partial charge in [-0.25, -0.2) is 4.98 Å². The second-order valence-corrected chi connectivity index (χ2v) is 2.56. The van der Waals surface area contributed by atoms with Crippen LogP contribution in [0.3, 0.4) is 0 Å². The fourth-order valence-electron chi connectivity index (χ4n) is 1.20. The Morgan fingerprint density at radius 2 is 2.60 bits per heavy atom. The molecule has 2 heterocycles. The number of imidazole rings is 1. The molecule has 0 atom stereocenters. The van der Waals surface area contributed by atoms with E-state index in [2.05, 4.69) is 9.55 Å². The number of aromatic nitrogens is 2. The highest BCUT2D eigenvalue weighted by Gasteiger charge is 2.10. The first-order valence-electron chi connectivity index (χ1n) is 3.53. The van der Waals surface area contributed by atoms with E-state index in [1.165, 1.54) is 0 Å². The molecule has 0 bridgehead atoms. The van der Waals surface area contributed by atoms with E-state index in [1.807, 2.05) is 13.1 Å². The lowest BCUT2D eigenvalue weighted by atomic mass is 10.4. The van der Waals surface area contributed by atoms with Crippen LogP contribution in [0.4, 0.5) is 0 Å². The zero-order chi connectivity index (χ0) is 6.97. The fraction of sp³-hybridized carbons (Fsp3) is 0.571. The molecule has 1 aliphatic rings. The van der Waals surface area contributed by atoms with E-state index in [9.17, 15) is 0 Å². The number of hydrogen-bond acceptors (Lipinski definition) is 2. The molecule has 0 spiro atoms. The summed E-state index contributed by atoms with van der Waals surface area (Å²) in [6.45, 7) is 3.85. The molecule has 10 heavy (non-hydrogen) atoms. The molecule has 0 N–H and O–H groups in total. The van der Waals surface area contributed by atoms with Crippen LogP contribution in [0.1, 0.15) is 12.1 Å². The largest absolute Gasteiger partial charge is 0.465 e. The minimum atomic E-state index is 0.781. The Kier molecular flexibility index (Phi) is 1.16. The highest BCUT2D eigenvalue weighted by atomic mass is 16.5. The Hall–Kier alpha value is -0.990. The summed E-state index contributed by atoms with van der Waals surface area (Å²) in [7, 11) is 0. The Morgan fingerprint density at radius 1 is 1.70 bits per heavy atom. The van der Waals surface area contributed by atoms with Crippen molar-refractivity contribution in [1.82, 2.24) is 9.55 Å². The van der Waals surface area contributed by atoms with Crippen molar-refractivity contribution in [2.45, 2.75) is 19.9 Å². The first kappa shape index (κ1) is 5.77. The van der Waals surface area contributed by atoms with Gasteiger partial charge in [0, 0.05) is 12.7 Å². The molecule has 3 nitrogen and oxygen atoms in total. The minimum absolute atomic E-state index is 0.781. The van der Waals surface area contributed by atoms with Crippen LogP contribution in [0.25, 0.3) is 0 Å². The molecule has 1 aromatic rings. The van der Waals surface area contributed by atoms with Crippen LogP contribution in [-0.4, -0.2) is 16.2 Å². The molecular weight excluding hydrogens is 128 g/mol. The van der Waals surface area contributed by atoms with Crippen molar-refractivity contribution in [2.24, 2.45) is 0 Å². The fourth-order valence-corrected chi connectivity index (χ4v) is 1.20. The number of rotatable bonds is 0. The van der Waals surface area contributed by atoms with Crippen LogP contribution in [0.5, 0.6) is 6.01 Å². The van der Waals surface area contributed by atoms with E-state index in [-0.39, 0.29) is 0 Å². The molecule has 0 amide bonds. The van der Waals surface area contributed by atoms with Crippen molar-refractivity contribution < 1.29 is 4.74 Å². The van der Waals surface area contributed by atoms with Crippen molar-refractivity contribution in [1.29, 1.82) is 0 Å². The van der Waals surface area contributed by atoms with Gasteiger partial charge in [0.15, 0.2) is 0 Å². The van der Waals surface area contributed by atoms with Crippen LogP contribution < -0.4 is 4.74 Å². The molecule has 3 heteroatoms. The second-order valence-electron chi connectivity index (χ2n) is 2.56. The van der Waals surface area contributed by atoms with Crippen LogP contribution in [0.2, 0.25) is 0 Å². The lowest BCUT2D eigenvalue weighted by Gasteiger charge is -2.13. The summed E-state index contributed by atoms with van der Waals surface area (Å²) >= 11 is 0. The zero-order valence-electron chi connectivity index (χ0n) is 6.00. The first-order valence-corrected chi connectivity index (χ1v) is 3.53. The lowest BCUT2D eigenvalue weighted by Crippen LogP contribution is -2.13. The highest BCUT2D eigenvalue weighted by molar-refractivity contribution is 5.07. The van der Waals surface area contributed by atoms with Crippen LogP contribution >= 0.6 is 0 Å². The topological polar surface area (TPSA) is 27.1 Å². The molecule has 54 valence electrons. The number of fused-ring (bicyclic) bond motifs is 1. The highest BCUT2D eigenvalue weighted by Crippen LogP contribution is 2.15. The van der Waals surface area contributed by atoms with Gasteiger partial charge in [-0.05, 0) is 13.3 Å². The summed E-state index contributed by atoms with van der Waals surface area (Å²) in [6.07, 6.45) is 3.12. The van der Waals surface area contributed by atoms with Gasteiger partial charge in [-0.2, -0.15) is 0 Å². The molecule has 0 saturated carbocycles. The summed E-state index contributed by atoms with van der Waals surface area (Å²) in [5.74, 6) is 0. The van der Waals surface area contributed by atoms with E-state index in [0.29, 0.717) is 0 Å². The van der Waals surface area contributed by atoms with Gasteiger partial charge in [0.05, 0.1) is 12.3 Å². The van der Waals surface area contributed by atoms with Gasteiger partial charge in [0.1, 0.15) is 0 Å². The summed E-state index contributed by atoms with van der Waals surface area (Å²) in [5.41, 5.74) is 1.04. The summed E-state index contributed by atoms with van der Waals surface area (Å²) in [4.78, 5) is 4.19. The SMILES string of the molecule is Cc1cn2c(n1)OCCC2. The van der Waals surface area contributed by atoms with E-state index in [4.69, 9.17) is 4.74 Å². The maximum atomic E-state index is 5.30. The standard InChI is InChI=1S/C7H10N2O/c1-6-5-9-3-2-4-10-7(9)8-6/h5H,2-4H2,1H3. The van der Waals surface area contributed by atoms with E-state index in [0.717, 1.165) is 31.3 Å². The smallest absolute Gasteiger partial charge is 0.296 e. The third-order valence-electron chi connectivity index (χ3n) is 1.63. The van der Waals surface area contributed by atoms with E-state index < -0.39 is 0 Å². The summed E-state index contributed by atoms with van der Waals surface area (Å²) in [6, 6.07) is 0.781. The van der Waals surface area contributed by atoms with Gasteiger partial charge in [-0.3, -0.25) is 0 Å². The first-order chi connectivity index (χ1) is 4.86. The van der Waals surface area contributed by atoms with Crippen LogP contribution in [-0.2, 0) is 6.54 Å². The van der Waals surface area contributed by atoms with Gasteiger partial charge in [-0.1, -0.05) is 0 Å². The van der Waals surface area contributed by atoms with E-state index in [1.54, 1.807) is 0 Å². The maximum absolute atomic E-state index is 5.30. The van der Waals surface area contributed by atoms with Crippen molar-refractivity contribution in [3.63, 3.8) is 0 Å².